The normalized spacial score (nSPS) is 10.9. The van der Waals surface area contributed by atoms with E-state index in [0.29, 0.717) is 5.84 Å². The molecule has 0 aliphatic rings. The Morgan fingerprint density at radius 3 is 2.00 bits per heavy atom. The predicted molar refractivity (Wildman–Crippen MR) is 43.8 cm³/mol. The third kappa shape index (κ3) is 4.96. The molecule has 0 aromatic heterocycles. The Labute approximate surface area is 60.4 Å². The molecule has 0 amide bonds. The van der Waals surface area contributed by atoms with Crippen molar-refractivity contribution in [3.05, 3.63) is 0 Å². The lowest BCUT2D eigenvalue weighted by Gasteiger charge is -1.90. The second kappa shape index (κ2) is 3.76. The average molecular weight is 140 g/mol. The molecule has 0 radical (unpaired) electrons. The molecule has 4 heteroatoms. The first kappa shape index (κ1) is 8.81. The lowest BCUT2D eigenvalue weighted by molar-refractivity contribution is 1.34. The summed E-state index contributed by atoms with van der Waals surface area (Å²) >= 11 is 0. The van der Waals surface area contributed by atoms with E-state index in [1.807, 2.05) is 0 Å². The molecule has 0 spiro atoms. The monoisotopic (exact) mass is 140 g/mol. The zero-order chi connectivity index (χ0) is 8.15. The van der Waals surface area contributed by atoms with Crippen LogP contribution in [0.25, 0.3) is 0 Å². The molecule has 0 aromatic carbocycles. The Hall–Kier alpha value is -1.19. The van der Waals surface area contributed by atoms with Gasteiger partial charge in [-0.1, -0.05) is 0 Å². The highest BCUT2D eigenvalue weighted by molar-refractivity contribution is 5.99. The second-order valence-electron chi connectivity index (χ2n) is 2.14. The van der Waals surface area contributed by atoms with Gasteiger partial charge in [-0.25, -0.2) is 4.99 Å². The molecule has 0 aromatic rings. The molecule has 0 bridgehead atoms. The van der Waals surface area contributed by atoms with Crippen LogP contribution in [0.4, 0.5) is 0 Å². The van der Waals surface area contributed by atoms with Gasteiger partial charge in [0.1, 0.15) is 0 Å². The van der Waals surface area contributed by atoms with Crippen molar-refractivity contribution in [1.82, 2.24) is 0 Å². The molecule has 4 nitrogen and oxygen atoms in total. The van der Waals surface area contributed by atoms with E-state index in [2.05, 4.69) is 9.98 Å². The number of rotatable bonds is 0. The number of hydrogen-bond acceptors (Lipinski definition) is 1. The van der Waals surface area contributed by atoms with E-state index in [0.717, 1.165) is 5.71 Å². The summed E-state index contributed by atoms with van der Waals surface area (Å²) in [6, 6.07) is 0. The Kier molecular flexibility index (Phi) is 3.32. The molecular formula is C6H12N4. The third-order valence-corrected chi connectivity index (χ3v) is 0.612. The quantitative estimate of drug-likeness (QED) is 0.378. The van der Waals surface area contributed by atoms with Crippen LogP contribution in [-0.4, -0.2) is 17.5 Å². The lowest BCUT2D eigenvalue weighted by Crippen LogP contribution is -2.08. The minimum atomic E-state index is -0.0417. The number of aliphatic imine (C=N–C) groups is 2. The smallest absolute Gasteiger partial charge is 0.243 e. The van der Waals surface area contributed by atoms with Crippen LogP contribution in [0.15, 0.2) is 9.98 Å². The van der Waals surface area contributed by atoms with Gasteiger partial charge in [0, 0.05) is 5.71 Å². The first-order valence-corrected chi connectivity index (χ1v) is 2.93. The Bertz CT molecular complexity index is 162. The van der Waals surface area contributed by atoms with Gasteiger partial charge in [0.25, 0.3) is 0 Å². The molecule has 0 fully saturated rings. The third-order valence-electron chi connectivity index (χ3n) is 0.612. The number of nitrogens with one attached hydrogen (secondary N) is 1. The van der Waals surface area contributed by atoms with E-state index in [1.165, 1.54) is 0 Å². The minimum Gasteiger partial charge on any atom is -0.387 e. The van der Waals surface area contributed by atoms with Crippen molar-refractivity contribution in [3.63, 3.8) is 0 Å². The Morgan fingerprint density at radius 1 is 1.20 bits per heavy atom. The average Bonchev–Trinajstić information content (AvgIpc) is 1.58. The van der Waals surface area contributed by atoms with E-state index in [9.17, 15) is 0 Å². The van der Waals surface area contributed by atoms with Crippen LogP contribution < -0.4 is 5.73 Å². The van der Waals surface area contributed by atoms with Crippen LogP contribution in [0.3, 0.4) is 0 Å². The van der Waals surface area contributed by atoms with E-state index >= 15 is 0 Å². The van der Waals surface area contributed by atoms with Crippen molar-refractivity contribution in [2.24, 2.45) is 15.7 Å². The van der Waals surface area contributed by atoms with Crippen molar-refractivity contribution >= 4 is 17.5 Å². The second-order valence-corrected chi connectivity index (χ2v) is 2.14. The van der Waals surface area contributed by atoms with Crippen LogP contribution in [-0.2, 0) is 0 Å². The summed E-state index contributed by atoms with van der Waals surface area (Å²) in [5.74, 6) is 0.315. The predicted octanol–water partition coefficient (Wildman–Crippen LogP) is 0.779. The van der Waals surface area contributed by atoms with Gasteiger partial charge in [-0.05, 0) is 20.8 Å². The largest absolute Gasteiger partial charge is 0.387 e. The van der Waals surface area contributed by atoms with Gasteiger partial charge in [-0.2, -0.15) is 4.99 Å². The molecule has 0 rings (SSSR count). The molecule has 0 aliphatic carbocycles. The summed E-state index contributed by atoms with van der Waals surface area (Å²) in [6.45, 7) is 5.22. The summed E-state index contributed by atoms with van der Waals surface area (Å²) in [5, 5.41) is 7.09. The van der Waals surface area contributed by atoms with Gasteiger partial charge >= 0.3 is 0 Å². The molecule has 0 saturated carbocycles. The zero-order valence-electron chi connectivity index (χ0n) is 6.47. The molecular weight excluding hydrogens is 128 g/mol. The van der Waals surface area contributed by atoms with Gasteiger partial charge in [0.2, 0.25) is 5.96 Å². The number of guanidine groups is 1. The molecule has 0 heterocycles. The van der Waals surface area contributed by atoms with E-state index in [-0.39, 0.29) is 5.96 Å². The minimum absolute atomic E-state index is 0.0417. The lowest BCUT2D eigenvalue weighted by atomic mass is 10.5. The molecule has 0 unspecified atom stereocenters. The number of amidine groups is 1. The summed E-state index contributed by atoms with van der Waals surface area (Å²) in [5.41, 5.74) is 6.01. The van der Waals surface area contributed by atoms with Crippen molar-refractivity contribution in [2.75, 3.05) is 0 Å². The summed E-state index contributed by atoms with van der Waals surface area (Å²) < 4.78 is 0. The highest BCUT2D eigenvalue weighted by atomic mass is 15.0. The Morgan fingerprint density at radius 2 is 1.70 bits per heavy atom. The van der Waals surface area contributed by atoms with Gasteiger partial charge in [-0.15, -0.1) is 0 Å². The molecule has 10 heavy (non-hydrogen) atoms. The zero-order valence-corrected chi connectivity index (χ0v) is 6.47. The maximum Gasteiger partial charge on any atom is 0.243 e. The Balaban J connectivity index is 4.14. The fourth-order valence-corrected chi connectivity index (χ4v) is 0.404. The fourth-order valence-electron chi connectivity index (χ4n) is 0.404. The molecule has 3 N–H and O–H groups in total. The number of nitrogens with zero attached hydrogens (tertiary/aromatic N) is 2. The maximum atomic E-state index is 7.09. The topological polar surface area (TPSA) is 74.6 Å². The molecule has 0 atom stereocenters. The SMILES string of the molecule is CC(C)=NC(=N)N=C(C)N. The van der Waals surface area contributed by atoms with E-state index in [1.54, 1.807) is 20.8 Å². The van der Waals surface area contributed by atoms with Gasteiger partial charge in [0.15, 0.2) is 0 Å². The summed E-state index contributed by atoms with van der Waals surface area (Å²) in [7, 11) is 0. The highest BCUT2D eigenvalue weighted by Gasteiger charge is 1.87. The molecule has 56 valence electrons. The van der Waals surface area contributed by atoms with Crippen LogP contribution >= 0.6 is 0 Å². The van der Waals surface area contributed by atoms with Crippen molar-refractivity contribution in [2.45, 2.75) is 20.8 Å². The molecule has 0 saturated heterocycles. The number of hydrogen-bond donors (Lipinski definition) is 2. The standard InChI is InChI=1S/C6H12N4/c1-4(2)9-6(8)10-5(3)7/h1-3H3,(H3,7,8,10). The van der Waals surface area contributed by atoms with E-state index in [4.69, 9.17) is 11.1 Å². The van der Waals surface area contributed by atoms with Crippen molar-refractivity contribution in [3.8, 4) is 0 Å². The summed E-state index contributed by atoms with van der Waals surface area (Å²) in [6.07, 6.45) is 0. The van der Waals surface area contributed by atoms with Gasteiger partial charge in [-0.3, -0.25) is 5.41 Å². The maximum absolute atomic E-state index is 7.09. The van der Waals surface area contributed by atoms with Crippen LogP contribution in [0.2, 0.25) is 0 Å². The van der Waals surface area contributed by atoms with Crippen LogP contribution in [0, 0.1) is 5.41 Å². The van der Waals surface area contributed by atoms with Crippen molar-refractivity contribution in [1.29, 1.82) is 5.41 Å². The van der Waals surface area contributed by atoms with E-state index < -0.39 is 0 Å². The van der Waals surface area contributed by atoms with Crippen molar-refractivity contribution < 1.29 is 0 Å². The highest BCUT2D eigenvalue weighted by Crippen LogP contribution is 1.81. The molecule has 0 aliphatic heterocycles. The van der Waals surface area contributed by atoms with Gasteiger partial charge in [0.05, 0.1) is 5.84 Å². The van der Waals surface area contributed by atoms with Gasteiger partial charge < -0.3 is 5.73 Å². The fraction of sp³-hybridized carbons (Fsp3) is 0.500. The number of nitrogens with two attached hydrogens (primary N) is 1. The summed E-state index contributed by atoms with van der Waals surface area (Å²) in [4.78, 5) is 7.36. The first-order valence-electron chi connectivity index (χ1n) is 2.93. The van der Waals surface area contributed by atoms with Crippen LogP contribution in [0.1, 0.15) is 20.8 Å². The first-order chi connectivity index (χ1) is 4.52. The van der Waals surface area contributed by atoms with Crippen LogP contribution in [0.5, 0.6) is 0 Å².